The van der Waals surface area contributed by atoms with Gasteiger partial charge in [0.2, 0.25) is 0 Å². The smallest absolute Gasteiger partial charge is 0.183 e. The minimum absolute atomic E-state index is 0.266. The predicted octanol–water partition coefficient (Wildman–Crippen LogP) is 1.83. The van der Waals surface area contributed by atoms with Crippen LogP contribution < -0.4 is 10.2 Å². The van der Waals surface area contributed by atoms with E-state index in [1.807, 2.05) is 6.07 Å². The van der Waals surface area contributed by atoms with E-state index < -0.39 is 5.82 Å². The van der Waals surface area contributed by atoms with E-state index in [0.717, 1.165) is 24.6 Å². The van der Waals surface area contributed by atoms with Crippen LogP contribution in [0.1, 0.15) is 24.5 Å². The number of halogens is 1. The molecule has 0 amide bonds. The van der Waals surface area contributed by atoms with Gasteiger partial charge < -0.3 is 10.2 Å². The fraction of sp³-hybridized carbons (Fsp3) is 0.467. The first-order valence-electron chi connectivity index (χ1n) is 7.57. The highest BCUT2D eigenvalue weighted by Gasteiger charge is 2.29. The standard InChI is InChI=1S/C15H17FN6/c16-12-6-17-9-19-15(12)18-5-10-7-22(8-10)14-4-3-13(20-21-14)11-1-2-11/h3-4,6,9-11H,1-2,5,7-8H2,(H,17,18,19). The van der Waals surface area contributed by atoms with Crippen LogP contribution in [0.3, 0.4) is 0 Å². The lowest BCUT2D eigenvalue weighted by atomic mass is 10.0. The van der Waals surface area contributed by atoms with Crippen molar-refractivity contribution < 1.29 is 4.39 Å². The van der Waals surface area contributed by atoms with Crippen molar-refractivity contribution >= 4 is 11.6 Å². The maximum Gasteiger partial charge on any atom is 0.183 e. The molecule has 2 aromatic heterocycles. The largest absolute Gasteiger partial charge is 0.367 e. The first-order chi connectivity index (χ1) is 10.8. The van der Waals surface area contributed by atoms with Crippen molar-refractivity contribution in [3.8, 4) is 0 Å². The Kier molecular flexibility index (Phi) is 3.32. The molecule has 6 nitrogen and oxygen atoms in total. The first-order valence-corrected chi connectivity index (χ1v) is 7.57. The molecule has 22 heavy (non-hydrogen) atoms. The zero-order valence-electron chi connectivity index (χ0n) is 12.1. The van der Waals surface area contributed by atoms with Crippen LogP contribution in [0, 0.1) is 11.7 Å². The molecule has 0 bridgehead atoms. The molecule has 1 saturated carbocycles. The molecule has 7 heteroatoms. The lowest BCUT2D eigenvalue weighted by Gasteiger charge is -2.40. The van der Waals surface area contributed by atoms with Crippen LogP contribution in [0.4, 0.5) is 16.0 Å². The van der Waals surface area contributed by atoms with Crippen LogP contribution in [-0.4, -0.2) is 39.8 Å². The van der Waals surface area contributed by atoms with E-state index in [2.05, 4.69) is 36.4 Å². The summed E-state index contributed by atoms with van der Waals surface area (Å²) in [4.78, 5) is 9.70. The van der Waals surface area contributed by atoms with Gasteiger partial charge in [0.15, 0.2) is 17.5 Å². The predicted molar refractivity (Wildman–Crippen MR) is 80.2 cm³/mol. The Balaban J connectivity index is 1.28. The summed E-state index contributed by atoms with van der Waals surface area (Å²) in [5, 5.41) is 11.6. The van der Waals surface area contributed by atoms with Crippen molar-refractivity contribution in [1.82, 2.24) is 20.2 Å². The molecular formula is C15H17FN6. The maximum atomic E-state index is 13.4. The van der Waals surface area contributed by atoms with Crippen LogP contribution in [0.2, 0.25) is 0 Å². The molecule has 1 aliphatic carbocycles. The second-order valence-electron chi connectivity index (χ2n) is 5.96. The van der Waals surface area contributed by atoms with E-state index in [1.54, 1.807) is 0 Å². The Labute approximate surface area is 127 Å². The third-order valence-corrected chi connectivity index (χ3v) is 4.17. The number of hydrogen-bond acceptors (Lipinski definition) is 6. The molecule has 114 valence electrons. The summed E-state index contributed by atoms with van der Waals surface area (Å²) in [7, 11) is 0. The molecule has 0 spiro atoms. The van der Waals surface area contributed by atoms with Gasteiger partial charge in [0, 0.05) is 31.5 Å². The van der Waals surface area contributed by atoms with Gasteiger partial charge in [-0.3, -0.25) is 0 Å². The molecule has 1 aliphatic heterocycles. The fourth-order valence-electron chi connectivity index (χ4n) is 2.67. The van der Waals surface area contributed by atoms with Gasteiger partial charge in [-0.05, 0) is 25.0 Å². The third-order valence-electron chi connectivity index (χ3n) is 4.17. The molecule has 0 atom stereocenters. The van der Waals surface area contributed by atoms with Crippen molar-refractivity contribution in [1.29, 1.82) is 0 Å². The van der Waals surface area contributed by atoms with Crippen LogP contribution >= 0.6 is 0 Å². The van der Waals surface area contributed by atoms with Crippen LogP contribution in [0.15, 0.2) is 24.7 Å². The minimum atomic E-state index is -0.416. The summed E-state index contributed by atoms with van der Waals surface area (Å²) in [6.07, 6.45) is 4.99. The van der Waals surface area contributed by atoms with Crippen molar-refractivity contribution in [3.05, 3.63) is 36.2 Å². The zero-order valence-corrected chi connectivity index (χ0v) is 12.1. The van der Waals surface area contributed by atoms with E-state index >= 15 is 0 Å². The van der Waals surface area contributed by atoms with Crippen LogP contribution in [0.5, 0.6) is 0 Å². The van der Waals surface area contributed by atoms with Gasteiger partial charge in [0.05, 0.1) is 11.9 Å². The highest BCUT2D eigenvalue weighted by molar-refractivity contribution is 5.42. The highest BCUT2D eigenvalue weighted by Crippen LogP contribution is 2.38. The zero-order chi connectivity index (χ0) is 14.9. The number of nitrogens with one attached hydrogen (secondary N) is 1. The average molecular weight is 300 g/mol. The van der Waals surface area contributed by atoms with E-state index in [1.165, 1.54) is 25.4 Å². The van der Waals surface area contributed by atoms with E-state index in [9.17, 15) is 4.39 Å². The molecule has 2 aliphatic rings. The normalized spacial score (nSPS) is 18.1. The molecule has 0 aromatic carbocycles. The Hall–Kier alpha value is -2.31. The Morgan fingerprint density at radius 1 is 1.23 bits per heavy atom. The second kappa shape index (κ2) is 5.47. The van der Waals surface area contributed by atoms with Gasteiger partial charge in [-0.1, -0.05) is 0 Å². The fourth-order valence-corrected chi connectivity index (χ4v) is 2.67. The van der Waals surface area contributed by atoms with Gasteiger partial charge in [-0.25, -0.2) is 14.4 Å². The van der Waals surface area contributed by atoms with Crippen LogP contribution in [-0.2, 0) is 0 Å². The summed E-state index contributed by atoms with van der Waals surface area (Å²) in [5.41, 5.74) is 1.11. The molecule has 0 unspecified atom stereocenters. The topological polar surface area (TPSA) is 66.8 Å². The number of hydrogen-bond donors (Lipinski definition) is 1. The van der Waals surface area contributed by atoms with E-state index in [-0.39, 0.29) is 5.82 Å². The van der Waals surface area contributed by atoms with Crippen LogP contribution in [0.25, 0.3) is 0 Å². The summed E-state index contributed by atoms with van der Waals surface area (Å²) >= 11 is 0. The second-order valence-corrected chi connectivity index (χ2v) is 5.96. The monoisotopic (exact) mass is 300 g/mol. The maximum absolute atomic E-state index is 13.4. The van der Waals surface area contributed by atoms with Crippen molar-refractivity contribution in [3.63, 3.8) is 0 Å². The molecule has 4 rings (SSSR count). The Morgan fingerprint density at radius 3 is 2.77 bits per heavy atom. The molecule has 1 N–H and O–H groups in total. The lowest BCUT2D eigenvalue weighted by Crippen LogP contribution is -2.50. The van der Waals surface area contributed by atoms with E-state index in [4.69, 9.17) is 0 Å². The Morgan fingerprint density at radius 2 is 2.09 bits per heavy atom. The van der Waals surface area contributed by atoms with E-state index in [0.29, 0.717) is 18.4 Å². The number of rotatable bonds is 5. The quantitative estimate of drug-likeness (QED) is 0.908. The van der Waals surface area contributed by atoms with Gasteiger partial charge in [-0.2, -0.15) is 5.10 Å². The lowest BCUT2D eigenvalue weighted by molar-refractivity contribution is 0.424. The summed E-state index contributed by atoms with van der Waals surface area (Å²) in [6.45, 7) is 2.49. The molecule has 2 fully saturated rings. The summed E-state index contributed by atoms with van der Waals surface area (Å²) < 4.78 is 13.4. The molecule has 0 radical (unpaired) electrons. The molecule has 3 heterocycles. The molecule has 2 aromatic rings. The average Bonchev–Trinajstić information content (AvgIpc) is 3.33. The number of nitrogens with zero attached hydrogens (tertiary/aromatic N) is 5. The third kappa shape index (κ3) is 2.70. The first kappa shape index (κ1) is 13.4. The van der Waals surface area contributed by atoms with Gasteiger partial charge >= 0.3 is 0 Å². The van der Waals surface area contributed by atoms with Crippen molar-refractivity contribution in [2.24, 2.45) is 5.92 Å². The molecule has 1 saturated heterocycles. The number of anilines is 2. The SMILES string of the molecule is Fc1cncnc1NCC1CN(c2ccc(C3CC3)nn2)C1. The molecular weight excluding hydrogens is 283 g/mol. The highest BCUT2D eigenvalue weighted by atomic mass is 19.1. The minimum Gasteiger partial charge on any atom is -0.367 e. The van der Waals surface area contributed by atoms with Gasteiger partial charge in [0.25, 0.3) is 0 Å². The van der Waals surface area contributed by atoms with Crippen molar-refractivity contribution in [2.45, 2.75) is 18.8 Å². The Bertz CT molecular complexity index is 651. The van der Waals surface area contributed by atoms with Gasteiger partial charge in [0.1, 0.15) is 6.33 Å². The van der Waals surface area contributed by atoms with Crippen molar-refractivity contribution in [2.75, 3.05) is 29.9 Å². The summed E-state index contributed by atoms with van der Waals surface area (Å²) in [6, 6.07) is 4.14. The number of aromatic nitrogens is 4. The summed E-state index contributed by atoms with van der Waals surface area (Å²) in [5.74, 6) is 1.87. The van der Waals surface area contributed by atoms with Gasteiger partial charge in [-0.15, -0.1) is 5.10 Å².